The summed E-state index contributed by atoms with van der Waals surface area (Å²) in [4.78, 5) is 27.8. The van der Waals surface area contributed by atoms with Gasteiger partial charge in [0.1, 0.15) is 6.04 Å². The number of hydrogen-bond acceptors (Lipinski definition) is 3. The molecule has 1 saturated carbocycles. The number of carbonyl (C=O) groups excluding carboxylic acids is 2. The summed E-state index contributed by atoms with van der Waals surface area (Å²) in [5.41, 5.74) is 2.42. The number of Topliss-reactive ketones (excluding diaryl/α,β-unsaturated/α-hetero) is 1. The second kappa shape index (κ2) is 8.47. The lowest BCUT2D eigenvalue weighted by molar-refractivity contribution is -0.707. The van der Waals surface area contributed by atoms with E-state index in [2.05, 4.69) is 10.3 Å². The van der Waals surface area contributed by atoms with Gasteiger partial charge in [-0.1, -0.05) is 19.3 Å². The molecule has 3 N–H and O–H groups in total. The number of ketones is 1. The van der Waals surface area contributed by atoms with Crippen LogP contribution in [-0.4, -0.2) is 35.9 Å². The lowest BCUT2D eigenvalue weighted by atomic mass is 9.95. The minimum Gasteiger partial charge on any atom is -0.465 e. The van der Waals surface area contributed by atoms with Crippen molar-refractivity contribution in [3.05, 3.63) is 22.5 Å². The van der Waals surface area contributed by atoms with Crippen molar-refractivity contribution in [1.29, 1.82) is 0 Å². The van der Waals surface area contributed by atoms with Crippen molar-refractivity contribution in [2.75, 3.05) is 7.11 Å². The highest BCUT2D eigenvalue weighted by atomic mass is 16.5. The average Bonchev–Trinajstić information content (AvgIpc) is 2.83. The van der Waals surface area contributed by atoms with Crippen LogP contribution in [0, 0.1) is 13.8 Å². The number of ether oxygens (including phenoxy) is 1. The number of esters is 1. The molecule has 5 nitrogen and oxygen atoms in total. The Bertz CT molecular complexity index is 584. The molecule has 1 fully saturated rings. The van der Waals surface area contributed by atoms with Crippen molar-refractivity contribution in [3.63, 3.8) is 0 Å². The van der Waals surface area contributed by atoms with Crippen molar-refractivity contribution < 1.29 is 19.6 Å². The predicted octanol–water partition coefficient (Wildman–Crippen LogP) is 2.67. The van der Waals surface area contributed by atoms with Gasteiger partial charge in [-0.25, -0.2) is 4.79 Å². The molecule has 134 valence electrons. The fourth-order valence-corrected chi connectivity index (χ4v) is 3.81. The maximum atomic E-state index is 12.9. The first-order valence-corrected chi connectivity index (χ1v) is 9.12. The van der Waals surface area contributed by atoms with Gasteiger partial charge in [-0.3, -0.25) is 4.79 Å². The van der Waals surface area contributed by atoms with Crippen molar-refractivity contribution in [3.8, 4) is 0 Å². The fourth-order valence-electron chi connectivity index (χ4n) is 3.81. The molecule has 1 aliphatic carbocycles. The normalized spacial score (nSPS) is 17.8. The van der Waals surface area contributed by atoms with Gasteiger partial charge in [-0.2, -0.15) is 0 Å². The second-order valence-electron chi connectivity index (χ2n) is 7.07. The molecule has 1 aromatic heterocycles. The third-order valence-corrected chi connectivity index (χ3v) is 5.20. The van der Waals surface area contributed by atoms with Crippen molar-refractivity contribution in [2.45, 2.75) is 77.8 Å². The molecular formula is C19H31N2O3+. The Labute approximate surface area is 144 Å². The molecule has 1 aromatic rings. The smallest absolute Gasteiger partial charge is 0.339 e. The second-order valence-corrected chi connectivity index (χ2v) is 7.07. The number of rotatable bonds is 5. The highest BCUT2D eigenvalue weighted by molar-refractivity contribution is 6.03. The number of carbonyl (C=O) groups is 2. The molecule has 1 atom stereocenters. The minimum atomic E-state index is -0.392. The van der Waals surface area contributed by atoms with E-state index in [0.29, 0.717) is 28.6 Å². The van der Waals surface area contributed by atoms with Crippen molar-refractivity contribution in [1.82, 2.24) is 4.98 Å². The van der Waals surface area contributed by atoms with Crippen LogP contribution < -0.4 is 5.32 Å². The molecule has 0 saturated heterocycles. The van der Waals surface area contributed by atoms with Gasteiger partial charge >= 0.3 is 5.97 Å². The zero-order valence-electron chi connectivity index (χ0n) is 15.4. The van der Waals surface area contributed by atoms with Gasteiger partial charge in [0.2, 0.25) is 5.78 Å². The molecule has 0 radical (unpaired) electrons. The summed E-state index contributed by atoms with van der Waals surface area (Å²) in [6.07, 6.45) is 8.86. The Kier molecular flexibility index (Phi) is 6.60. The van der Waals surface area contributed by atoms with Crippen LogP contribution in [0.1, 0.15) is 84.0 Å². The molecule has 0 spiro atoms. The maximum absolute atomic E-state index is 12.9. The standard InChI is InChI=1S/C19H30N2O3/c1-12-16(19(23)24-4)13(2)21-17(12)18(22)14(3)20-15-10-8-6-5-7-9-11-15/h14-15,20-21H,5-11H2,1-4H3/p+1/t14-/m1/s1. The summed E-state index contributed by atoms with van der Waals surface area (Å²) < 4.78 is 4.82. The zero-order valence-corrected chi connectivity index (χ0v) is 15.4. The Hall–Kier alpha value is -1.62. The van der Waals surface area contributed by atoms with Crippen LogP contribution in [0.15, 0.2) is 0 Å². The highest BCUT2D eigenvalue weighted by Gasteiger charge is 2.28. The number of hydrogen-bond donors (Lipinski definition) is 2. The highest BCUT2D eigenvalue weighted by Crippen LogP contribution is 2.20. The van der Waals surface area contributed by atoms with Crippen LogP contribution in [0.5, 0.6) is 0 Å². The molecule has 0 bridgehead atoms. The summed E-state index contributed by atoms with van der Waals surface area (Å²) in [6, 6.07) is 0.386. The first-order chi connectivity index (χ1) is 11.5. The monoisotopic (exact) mass is 335 g/mol. The van der Waals surface area contributed by atoms with E-state index in [4.69, 9.17) is 4.74 Å². The number of quaternary nitrogens is 1. The predicted molar refractivity (Wildman–Crippen MR) is 93.4 cm³/mol. The van der Waals surface area contributed by atoms with Crippen LogP contribution >= 0.6 is 0 Å². The van der Waals surface area contributed by atoms with Gasteiger partial charge in [-0.15, -0.1) is 0 Å². The topological polar surface area (TPSA) is 75.8 Å². The summed E-state index contributed by atoms with van der Waals surface area (Å²) >= 11 is 0. The first-order valence-electron chi connectivity index (χ1n) is 9.12. The molecule has 0 unspecified atom stereocenters. The molecule has 0 aromatic carbocycles. The first kappa shape index (κ1) is 18.7. The van der Waals surface area contributed by atoms with E-state index in [9.17, 15) is 9.59 Å². The van der Waals surface area contributed by atoms with Crippen molar-refractivity contribution >= 4 is 11.8 Å². The van der Waals surface area contributed by atoms with Crippen LogP contribution in [0.25, 0.3) is 0 Å². The molecule has 24 heavy (non-hydrogen) atoms. The minimum absolute atomic E-state index is 0.0628. The van der Waals surface area contributed by atoms with Crippen LogP contribution in [0.2, 0.25) is 0 Å². The third kappa shape index (κ3) is 4.26. The number of methoxy groups -OCH3 is 1. The fraction of sp³-hybridized carbons (Fsp3) is 0.684. The van der Waals surface area contributed by atoms with E-state index >= 15 is 0 Å². The van der Waals surface area contributed by atoms with Crippen LogP contribution in [0.3, 0.4) is 0 Å². The number of aromatic nitrogens is 1. The molecule has 2 rings (SSSR count). The molecular weight excluding hydrogens is 304 g/mol. The van der Waals surface area contributed by atoms with E-state index in [-0.39, 0.29) is 11.8 Å². The van der Waals surface area contributed by atoms with E-state index < -0.39 is 5.97 Å². The van der Waals surface area contributed by atoms with Crippen LogP contribution in [0.4, 0.5) is 0 Å². The zero-order chi connectivity index (χ0) is 17.7. The van der Waals surface area contributed by atoms with E-state index in [0.717, 1.165) is 0 Å². The Morgan fingerprint density at radius 2 is 1.71 bits per heavy atom. The lowest BCUT2D eigenvalue weighted by Gasteiger charge is -2.21. The van der Waals surface area contributed by atoms with Crippen LogP contribution in [-0.2, 0) is 4.74 Å². The Morgan fingerprint density at radius 3 is 2.29 bits per heavy atom. The average molecular weight is 335 g/mol. The SMILES string of the molecule is COC(=O)c1c(C)[nH]c(C(=O)[C@@H](C)[NH2+]C2CCCCCCC2)c1C. The molecule has 1 aliphatic rings. The van der Waals surface area contributed by atoms with Gasteiger partial charge in [0.15, 0.2) is 0 Å². The van der Waals surface area contributed by atoms with Gasteiger partial charge in [-0.05, 0) is 52.0 Å². The largest absolute Gasteiger partial charge is 0.465 e. The summed E-state index contributed by atoms with van der Waals surface area (Å²) in [5, 5.41) is 2.22. The van der Waals surface area contributed by atoms with Gasteiger partial charge < -0.3 is 15.0 Å². The molecule has 0 aliphatic heterocycles. The lowest BCUT2D eigenvalue weighted by Crippen LogP contribution is -2.96. The molecule has 0 amide bonds. The maximum Gasteiger partial charge on any atom is 0.339 e. The number of nitrogens with one attached hydrogen (secondary N) is 1. The number of nitrogens with two attached hydrogens (primary N) is 1. The number of H-pyrrole nitrogens is 1. The number of aromatic amines is 1. The third-order valence-electron chi connectivity index (χ3n) is 5.20. The van der Waals surface area contributed by atoms with Gasteiger partial charge in [0.25, 0.3) is 0 Å². The Balaban J connectivity index is 2.08. The summed E-state index contributed by atoms with van der Waals surface area (Å²) in [5.74, 6) is -0.329. The molecule has 5 heteroatoms. The Morgan fingerprint density at radius 1 is 1.12 bits per heavy atom. The van der Waals surface area contributed by atoms with E-state index in [1.165, 1.54) is 52.1 Å². The van der Waals surface area contributed by atoms with E-state index in [1.54, 1.807) is 6.92 Å². The van der Waals surface area contributed by atoms with Crippen molar-refractivity contribution in [2.24, 2.45) is 0 Å². The number of aryl methyl sites for hydroxylation is 1. The quantitative estimate of drug-likeness (QED) is 0.641. The van der Waals surface area contributed by atoms with Gasteiger partial charge in [0.05, 0.1) is 24.4 Å². The van der Waals surface area contributed by atoms with Gasteiger partial charge in [0, 0.05) is 5.69 Å². The van der Waals surface area contributed by atoms with E-state index in [1.807, 2.05) is 13.8 Å². The summed E-state index contributed by atoms with van der Waals surface area (Å²) in [7, 11) is 1.36. The molecule has 1 heterocycles. The summed E-state index contributed by atoms with van der Waals surface area (Å²) in [6.45, 7) is 5.58.